The van der Waals surface area contributed by atoms with E-state index in [0.717, 1.165) is 0 Å². The van der Waals surface area contributed by atoms with Gasteiger partial charge in [-0.3, -0.25) is 9.59 Å². The second-order valence-electron chi connectivity index (χ2n) is 4.62. The zero-order valence-corrected chi connectivity index (χ0v) is 11.7. The number of rotatable bonds is 4. The Morgan fingerprint density at radius 2 is 2.05 bits per heavy atom. The molecular weight excluding hydrogens is 278 g/mol. The van der Waals surface area contributed by atoms with Crippen LogP contribution in [0.25, 0.3) is 0 Å². The maximum atomic E-state index is 12.0. The van der Waals surface area contributed by atoms with E-state index in [0.29, 0.717) is 5.75 Å². The molecule has 1 aromatic carbocycles. The molecule has 0 saturated carbocycles. The van der Waals surface area contributed by atoms with E-state index in [4.69, 9.17) is 4.74 Å². The third-order valence-corrected chi connectivity index (χ3v) is 3.38. The van der Waals surface area contributed by atoms with E-state index >= 15 is 0 Å². The first-order valence-corrected chi connectivity index (χ1v) is 6.27. The third kappa shape index (κ3) is 2.81. The zero-order chi connectivity index (χ0) is 15.6. The van der Waals surface area contributed by atoms with E-state index in [1.807, 2.05) is 0 Å². The van der Waals surface area contributed by atoms with Crippen LogP contribution in [-0.4, -0.2) is 43.7 Å². The second kappa shape index (κ2) is 5.82. The molecule has 1 saturated heterocycles. The molecule has 1 heterocycles. The van der Waals surface area contributed by atoms with Crippen LogP contribution in [0, 0.1) is 5.92 Å². The zero-order valence-electron chi connectivity index (χ0n) is 11.7. The average molecular weight is 293 g/mol. The molecule has 1 N–H and O–H groups in total. The van der Waals surface area contributed by atoms with Gasteiger partial charge < -0.3 is 19.5 Å². The summed E-state index contributed by atoms with van der Waals surface area (Å²) in [6, 6.07) is 4.41. The Bertz CT molecular complexity index is 597. The number of carboxylic acid groups (broad SMARTS) is 1. The molecule has 1 aliphatic heterocycles. The standard InChI is InChI=1S/C14H15NO6/c1-20-9-3-4-11(10(6-9)13(17)18)15-7-8(5-12(15)16)14(19)21-2/h3-4,6,8H,5,7H2,1-2H3,(H,17,18). The number of hydrogen-bond donors (Lipinski definition) is 1. The first kappa shape index (κ1) is 14.8. The van der Waals surface area contributed by atoms with Crippen molar-refractivity contribution in [2.24, 2.45) is 5.92 Å². The highest BCUT2D eigenvalue weighted by Crippen LogP contribution is 2.31. The smallest absolute Gasteiger partial charge is 0.337 e. The van der Waals surface area contributed by atoms with Crippen molar-refractivity contribution in [2.45, 2.75) is 6.42 Å². The van der Waals surface area contributed by atoms with Gasteiger partial charge in [0.1, 0.15) is 5.75 Å². The van der Waals surface area contributed by atoms with E-state index in [2.05, 4.69) is 4.74 Å². The number of carbonyl (C=O) groups is 3. The van der Waals surface area contributed by atoms with Crippen LogP contribution in [0.3, 0.4) is 0 Å². The predicted octanol–water partition coefficient (Wildman–Crippen LogP) is 0.919. The fourth-order valence-electron chi connectivity index (χ4n) is 2.31. The molecule has 0 bridgehead atoms. The average Bonchev–Trinajstić information content (AvgIpc) is 2.87. The number of methoxy groups -OCH3 is 2. The SMILES string of the molecule is COC(=O)C1CC(=O)N(c2ccc(OC)cc2C(=O)O)C1. The Balaban J connectivity index is 2.36. The van der Waals surface area contributed by atoms with Crippen LogP contribution < -0.4 is 9.64 Å². The molecule has 7 nitrogen and oxygen atoms in total. The van der Waals surface area contributed by atoms with Crippen LogP contribution in [0.4, 0.5) is 5.69 Å². The van der Waals surface area contributed by atoms with Crippen molar-refractivity contribution in [1.82, 2.24) is 0 Å². The van der Waals surface area contributed by atoms with Gasteiger partial charge in [0.25, 0.3) is 0 Å². The van der Waals surface area contributed by atoms with Crippen LogP contribution in [0.15, 0.2) is 18.2 Å². The molecule has 1 aliphatic rings. The van der Waals surface area contributed by atoms with Gasteiger partial charge in [0.15, 0.2) is 0 Å². The van der Waals surface area contributed by atoms with Crippen LogP contribution in [0.1, 0.15) is 16.8 Å². The maximum Gasteiger partial charge on any atom is 0.337 e. The molecule has 21 heavy (non-hydrogen) atoms. The Kier molecular flexibility index (Phi) is 4.11. The molecule has 1 unspecified atom stereocenters. The molecule has 112 valence electrons. The van der Waals surface area contributed by atoms with Crippen LogP contribution in [0.5, 0.6) is 5.75 Å². The molecule has 0 aromatic heterocycles. The number of anilines is 1. The van der Waals surface area contributed by atoms with Gasteiger partial charge in [0.05, 0.1) is 31.4 Å². The van der Waals surface area contributed by atoms with Crippen LogP contribution in [-0.2, 0) is 14.3 Å². The number of amides is 1. The lowest BCUT2D eigenvalue weighted by molar-refractivity contribution is -0.145. The van der Waals surface area contributed by atoms with E-state index in [1.165, 1.54) is 31.3 Å². The van der Waals surface area contributed by atoms with Gasteiger partial charge in [0, 0.05) is 13.0 Å². The summed E-state index contributed by atoms with van der Waals surface area (Å²) in [6.45, 7) is 0.109. The van der Waals surface area contributed by atoms with Crippen molar-refractivity contribution in [1.29, 1.82) is 0 Å². The van der Waals surface area contributed by atoms with Crippen molar-refractivity contribution in [3.63, 3.8) is 0 Å². The van der Waals surface area contributed by atoms with Crippen molar-refractivity contribution in [3.05, 3.63) is 23.8 Å². The third-order valence-electron chi connectivity index (χ3n) is 3.38. The summed E-state index contributed by atoms with van der Waals surface area (Å²) in [5, 5.41) is 9.27. The van der Waals surface area contributed by atoms with Gasteiger partial charge in [-0.25, -0.2) is 4.79 Å². The lowest BCUT2D eigenvalue weighted by atomic mass is 10.1. The summed E-state index contributed by atoms with van der Waals surface area (Å²) in [6.07, 6.45) is 0.0117. The predicted molar refractivity (Wildman–Crippen MR) is 72.4 cm³/mol. The fraction of sp³-hybridized carbons (Fsp3) is 0.357. The summed E-state index contributed by atoms with van der Waals surface area (Å²) in [5.74, 6) is -2.15. The molecule has 2 rings (SSSR count). The molecule has 0 spiro atoms. The molecular formula is C14H15NO6. The minimum absolute atomic E-state index is 0.0117. The summed E-state index contributed by atoms with van der Waals surface area (Å²) in [5.41, 5.74) is 0.202. The van der Waals surface area contributed by atoms with Crippen molar-refractivity contribution < 1.29 is 29.0 Å². The maximum absolute atomic E-state index is 12.0. The highest BCUT2D eigenvalue weighted by molar-refractivity contribution is 6.05. The summed E-state index contributed by atoms with van der Waals surface area (Å²) in [4.78, 5) is 36.2. The number of carboxylic acids is 1. The molecule has 0 aliphatic carbocycles. The number of carbonyl (C=O) groups excluding carboxylic acids is 2. The Hall–Kier alpha value is -2.57. The number of aromatic carboxylic acids is 1. The number of nitrogens with zero attached hydrogens (tertiary/aromatic N) is 1. The van der Waals surface area contributed by atoms with Gasteiger partial charge in [-0.1, -0.05) is 0 Å². The monoisotopic (exact) mass is 293 g/mol. The fourth-order valence-corrected chi connectivity index (χ4v) is 2.31. The topological polar surface area (TPSA) is 93.1 Å². The molecule has 1 fully saturated rings. The minimum Gasteiger partial charge on any atom is -0.497 e. The normalized spacial score (nSPS) is 17.7. The van der Waals surface area contributed by atoms with Gasteiger partial charge in [0.2, 0.25) is 5.91 Å². The molecule has 1 amide bonds. The molecule has 1 atom stereocenters. The van der Waals surface area contributed by atoms with Crippen LogP contribution in [0.2, 0.25) is 0 Å². The molecule has 0 radical (unpaired) electrons. The lowest BCUT2D eigenvalue weighted by Gasteiger charge is -2.19. The number of benzene rings is 1. The van der Waals surface area contributed by atoms with E-state index in [1.54, 1.807) is 6.07 Å². The number of ether oxygens (including phenoxy) is 2. The number of hydrogen-bond acceptors (Lipinski definition) is 5. The largest absolute Gasteiger partial charge is 0.497 e. The van der Waals surface area contributed by atoms with E-state index in [-0.39, 0.29) is 30.1 Å². The van der Waals surface area contributed by atoms with Gasteiger partial charge >= 0.3 is 11.9 Å². The van der Waals surface area contributed by atoms with Crippen molar-refractivity contribution >= 4 is 23.5 Å². The second-order valence-corrected chi connectivity index (χ2v) is 4.62. The first-order chi connectivity index (χ1) is 9.97. The van der Waals surface area contributed by atoms with Gasteiger partial charge in [-0.2, -0.15) is 0 Å². The molecule has 7 heteroatoms. The molecule has 1 aromatic rings. The summed E-state index contributed by atoms with van der Waals surface area (Å²) < 4.78 is 9.61. The van der Waals surface area contributed by atoms with E-state index < -0.39 is 17.9 Å². The van der Waals surface area contributed by atoms with E-state index in [9.17, 15) is 19.5 Å². The quantitative estimate of drug-likeness (QED) is 0.830. The highest BCUT2D eigenvalue weighted by atomic mass is 16.5. The Morgan fingerprint density at radius 3 is 2.62 bits per heavy atom. The van der Waals surface area contributed by atoms with Crippen LogP contribution >= 0.6 is 0 Å². The highest BCUT2D eigenvalue weighted by Gasteiger charge is 2.37. The minimum atomic E-state index is -1.17. The van der Waals surface area contributed by atoms with Crippen molar-refractivity contribution in [3.8, 4) is 5.75 Å². The number of esters is 1. The Morgan fingerprint density at radius 1 is 1.33 bits per heavy atom. The lowest BCUT2D eigenvalue weighted by Crippen LogP contribution is -2.27. The summed E-state index contributed by atoms with van der Waals surface area (Å²) in [7, 11) is 2.68. The van der Waals surface area contributed by atoms with Gasteiger partial charge in [-0.15, -0.1) is 0 Å². The van der Waals surface area contributed by atoms with Crippen molar-refractivity contribution in [2.75, 3.05) is 25.7 Å². The Labute approximate surface area is 121 Å². The van der Waals surface area contributed by atoms with Gasteiger partial charge in [-0.05, 0) is 18.2 Å². The first-order valence-electron chi connectivity index (χ1n) is 6.27. The summed E-state index contributed by atoms with van der Waals surface area (Å²) >= 11 is 0.